The Bertz CT molecular complexity index is 731. The van der Waals surface area contributed by atoms with E-state index in [0.717, 1.165) is 36.2 Å². The van der Waals surface area contributed by atoms with Crippen molar-refractivity contribution in [2.45, 2.75) is 37.6 Å². The number of Topliss-reactive ketones (excluding diaryl/α,β-unsaturated/α-hetero) is 1. The zero-order chi connectivity index (χ0) is 15.1. The molecule has 5 rings (SSSR count). The second-order valence-electron chi connectivity index (χ2n) is 7.35. The van der Waals surface area contributed by atoms with Gasteiger partial charge in [-0.1, -0.05) is 24.6 Å². The number of nitrogens with two attached hydrogens (primary N) is 1. The minimum atomic E-state index is -0.236. The van der Waals surface area contributed by atoms with Crippen molar-refractivity contribution in [2.24, 2.45) is 17.6 Å². The predicted octanol–water partition coefficient (Wildman–Crippen LogP) is 2.89. The van der Waals surface area contributed by atoms with Crippen LogP contribution >= 0.6 is 12.4 Å². The van der Waals surface area contributed by atoms with Gasteiger partial charge in [0.15, 0.2) is 17.2 Å². The van der Waals surface area contributed by atoms with Gasteiger partial charge in [-0.05, 0) is 24.3 Å². The Kier molecular flexibility index (Phi) is 3.27. The molecule has 0 amide bonds. The van der Waals surface area contributed by atoms with Crippen molar-refractivity contribution >= 4 is 23.9 Å². The number of allylic oxidation sites excluding steroid dienone is 1. The number of carbonyl (C=O) groups is 1. The lowest BCUT2D eigenvalue weighted by Gasteiger charge is -2.46. The first-order chi connectivity index (χ1) is 10.6. The number of carbonyl (C=O) groups excluding carboxylic acids is 1. The number of quaternary nitrogens is 1. The van der Waals surface area contributed by atoms with Crippen LogP contribution in [0.4, 0.5) is 5.69 Å². The summed E-state index contributed by atoms with van der Waals surface area (Å²) in [4.78, 5) is 12.8. The van der Waals surface area contributed by atoms with Crippen molar-refractivity contribution in [3.63, 3.8) is 0 Å². The average molecular weight is 334 g/mol. The zero-order valence-corrected chi connectivity index (χ0v) is 13.8. The van der Waals surface area contributed by atoms with Gasteiger partial charge in [0.1, 0.15) is 12.5 Å². The van der Waals surface area contributed by atoms with E-state index >= 15 is 0 Å². The van der Waals surface area contributed by atoms with Crippen LogP contribution in [0.25, 0.3) is 0 Å². The summed E-state index contributed by atoms with van der Waals surface area (Å²) in [6.07, 6.45) is 3.95. The summed E-state index contributed by atoms with van der Waals surface area (Å²) in [7, 11) is 0. The fourth-order valence-electron chi connectivity index (χ4n) is 5.51. The number of benzene rings is 1. The molecule has 5 atom stereocenters. The molecule has 2 aliphatic carbocycles. The number of hydroxylamine groups is 2. The highest BCUT2D eigenvalue weighted by molar-refractivity contribution is 5.95. The van der Waals surface area contributed by atoms with Crippen LogP contribution in [0.5, 0.6) is 0 Å². The maximum Gasteiger partial charge on any atom is 0.174 e. The van der Waals surface area contributed by atoms with Gasteiger partial charge in [-0.2, -0.15) is 0 Å². The molecule has 0 bridgehead atoms. The van der Waals surface area contributed by atoms with Gasteiger partial charge in [-0.25, -0.2) is 5.21 Å². The van der Waals surface area contributed by atoms with E-state index in [4.69, 9.17) is 5.73 Å². The van der Waals surface area contributed by atoms with Crippen molar-refractivity contribution in [1.82, 2.24) is 4.65 Å². The molecule has 3 N–H and O–H groups in total. The molecule has 122 valence electrons. The number of hydrogen-bond donors (Lipinski definition) is 2. The lowest BCUT2D eigenvalue weighted by molar-refractivity contribution is -0.124. The topological polar surface area (TPSA) is 63.3 Å². The Hall–Kier alpha value is -1.20. The van der Waals surface area contributed by atoms with E-state index in [9.17, 15) is 10.0 Å². The van der Waals surface area contributed by atoms with Crippen LogP contribution in [0.1, 0.15) is 37.2 Å². The van der Waals surface area contributed by atoms with Crippen LogP contribution < -0.4 is 10.4 Å². The second-order valence-corrected chi connectivity index (χ2v) is 7.35. The Balaban J connectivity index is 0.00000135. The van der Waals surface area contributed by atoms with E-state index < -0.39 is 0 Å². The first kappa shape index (κ1) is 15.3. The van der Waals surface area contributed by atoms with Crippen LogP contribution in [0.15, 0.2) is 35.5 Å². The highest BCUT2D eigenvalue weighted by Crippen LogP contribution is 2.59. The largest absolute Gasteiger partial charge is 0.322 e. The Morgan fingerprint density at radius 1 is 1.22 bits per heavy atom. The van der Waals surface area contributed by atoms with Gasteiger partial charge in [-0.15, -0.1) is 17.1 Å². The fraction of sp³-hybridized carbons (Fsp3) is 0.500. The monoisotopic (exact) mass is 333 g/mol. The molecule has 4 nitrogen and oxygen atoms in total. The molecule has 5 unspecified atom stereocenters. The van der Waals surface area contributed by atoms with Crippen molar-refractivity contribution < 1.29 is 10.0 Å². The molecule has 4 aliphatic rings. The van der Waals surface area contributed by atoms with Gasteiger partial charge in [-0.3, -0.25) is 4.79 Å². The van der Waals surface area contributed by atoms with E-state index in [1.165, 1.54) is 5.57 Å². The Morgan fingerprint density at radius 2 is 2.00 bits per heavy atom. The summed E-state index contributed by atoms with van der Waals surface area (Å²) in [5.41, 5.74) is 10.6. The molecule has 0 saturated heterocycles. The quantitative estimate of drug-likeness (QED) is 0.718. The molecule has 0 spiro atoms. The van der Waals surface area contributed by atoms with Crippen LogP contribution in [0.3, 0.4) is 0 Å². The van der Waals surface area contributed by atoms with Gasteiger partial charge < -0.3 is 5.73 Å². The minimum Gasteiger partial charge on any atom is -0.322 e. The van der Waals surface area contributed by atoms with Crippen LogP contribution in [-0.2, 0) is 4.79 Å². The number of hydrogen-bond acceptors (Lipinski definition) is 3. The smallest absolute Gasteiger partial charge is 0.174 e. The number of ketones is 1. The summed E-state index contributed by atoms with van der Waals surface area (Å²) in [6.45, 7) is 0.497. The average Bonchev–Trinajstić information content (AvgIpc) is 2.78. The first-order valence-electron chi connectivity index (χ1n) is 8.34. The van der Waals surface area contributed by atoms with Gasteiger partial charge >= 0.3 is 0 Å². The molecule has 1 aromatic rings. The summed E-state index contributed by atoms with van der Waals surface area (Å²) in [6, 6.07) is 7.85. The molecular formula is C18H22ClN2O2+. The lowest BCUT2D eigenvalue weighted by Crippen LogP contribution is -2.60. The van der Waals surface area contributed by atoms with Gasteiger partial charge in [0.05, 0.1) is 6.04 Å². The summed E-state index contributed by atoms with van der Waals surface area (Å²) in [5.74, 6) is 0.710. The van der Waals surface area contributed by atoms with Crippen molar-refractivity contribution in [3.8, 4) is 0 Å². The second kappa shape index (κ2) is 4.90. The normalized spacial score (nSPS) is 40.3. The molecule has 2 heterocycles. The standard InChI is InChI=1S/C18H21N2O2.ClH/c19-13-9-20(22)14-7-2-1-5-12(14)17-15(21)8-10-4-3-6-11(13)16(10)18(17)20;/h1-2,5,7,10-11,13,17,22H,3-4,6,8-9,19H2;1H/q+1;. The number of halogens is 1. The van der Waals surface area contributed by atoms with E-state index in [1.807, 2.05) is 24.3 Å². The molecule has 5 heteroatoms. The highest BCUT2D eigenvalue weighted by atomic mass is 35.5. The third kappa shape index (κ3) is 1.75. The zero-order valence-electron chi connectivity index (χ0n) is 12.9. The fourth-order valence-corrected chi connectivity index (χ4v) is 5.51. The van der Waals surface area contributed by atoms with Gasteiger partial charge in [0, 0.05) is 24.0 Å². The molecular weight excluding hydrogens is 312 g/mol. The van der Waals surface area contributed by atoms with Crippen molar-refractivity contribution in [2.75, 3.05) is 6.54 Å². The Labute approximate surface area is 141 Å². The van der Waals surface area contributed by atoms with Crippen molar-refractivity contribution in [3.05, 3.63) is 41.1 Å². The third-order valence-electron chi connectivity index (χ3n) is 6.28. The molecule has 0 radical (unpaired) electrons. The molecule has 23 heavy (non-hydrogen) atoms. The summed E-state index contributed by atoms with van der Waals surface area (Å²) >= 11 is 0. The van der Waals surface area contributed by atoms with E-state index in [0.29, 0.717) is 24.8 Å². The highest BCUT2D eigenvalue weighted by Gasteiger charge is 2.61. The first-order valence-corrected chi connectivity index (χ1v) is 8.34. The molecule has 1 saturated carbocycles. The predicted molar refractivity (Wildman–Crippen MR) is 90.3 cm³/mol. The Morgan fingerprint density at radius 3 is 2.83 bits per heavy atom. The maximum atomic E-state index is 12.8. The molecule has 1 aromatic carbocycles. The molecule has 1 fully saturated rings. The number of para-hydroxylation sites is 1. The van der Waals surface area contributed by atoms with E-state index in [-0.39, 0.29) is 34.8 Å². The lowest BCUT2D eigenvalue weighted by atomic mass is 9.64. The number of fused-ring (bicyclic) bond motifs is 3. The van der Waals surface area contributed by atoms with Gasteiger partial charge in [0.25, 0.3) is 0 Å². The van der Waals surface area contributed by atoms with Crippen LogP contribution in [-0.4, -0.2) is 23.6 Å². The summed E-state index contributed by atoms with van der Waals surface area (Å²) in [5, 5.41) is 11.5. The maximum absolute atomic E-state index is 12.8. The SMILES string of the molecule is Cl.NC1C[N+]2(O)C3=C4C(CCCC41)CC(=O)C3c1ccccc12. The van der Waals surface area contributed by atoms with Gasteiger partial charge in [0.2, 0.25) is 0 Å². The third-order valence-corrected chi connectivity index (χ3v) is 6.28. The minimum absolute atomic E-state index is 0. The number of nitrogens with zero attached hydrogens (tertiary/aromatic N) is 1. The summed E-state index contributed by atoms with van der Waals surface area (Å²) < 4.78 is -0.212. The van der Waals surface area contributed by atoms with Crippen LogP contribution in [0, 0.1) is 11.8 Å². The molecule has 0 aromatic heterocycles. The van der Waals surface area contributed by atoms with Crippen molar-refractivity contribution in [1.29, 1.82) is 0 Å². The van der Waals surface area contributed by atoms with E-state index in [1.54, 1.807) is 0 Å². The van der Waals surface area contributed by atoms with Crippen LogP contribution in [0.2, 0.25) is 0 Å². The van der Waals surface area contributed by atoms with E-state index in [2.05, 4.69) is 0 Å². The number of rotatable bonds is 0. The molecule has 2 aliphatic heterocycles.